The number of nitrogens with zero attached hydrogens (tertiary/aromatic N) is 3. The molecule has 4 rings (SSSR count). The van der Waals surface area contributed by atoms with Gasteiger partial charge in [0.25, 0.3) is 0 Å². The Hall–Kier alpha value is -3.53. The zero-order valence-corrected chi connectivity index (χ0v) is 22.4. The second-order valence-corrected chi connectivity index (χ2v) is 10.8. The number of rotatable bonds is 7. The van der Waals surface area contributed by atoms with Crippen molar-refractivity contribution in [2.24, 2.45) is 0 Å². The number of hydrogen-bond acceptors (Lipinski definition) is 7. The Bertz CT molecular complexity index is 1280. The van der Waals surface area contributed by atoms with Crippen LogP contribution >= 0.6 is 0 Å². The number of hydrogen-bond donors (Lipinski definition) is 2. The summed E-state index contributed by atoms with van der Waals surface area (Å²) >= 11 is 0. The lowest BCUT2D eigenvalue weighted by Gasteiger charge is -2.50. The molecular formula is C29H37N5O4. The first-order chi connectivity index (χ1) is 18.1. The zero-order chi connectivity index (χ0) is 27.3. The smallest absolute Gasteiger partial charge is 0.537 e. The van der Waals surface area contributed by atoms with E-state index in [2.05, 4.69) is 10.3 Å². The molecule has 9 heteroatoms. The van der Waals surface area contributed by atoms with E-state index in [-0.39, 0.29) is 19.0 Å². The van der Waals surface area contributed by atoms with E-state index in [4.69, 9.17) is 10.5 Å². The van der Waals surface area contributed by atoms with Crippen LogP contribution in [-0.2, 0) is 22.5 Å². The summed E-state index contributed by atoms with van der Waals surface area (Å²) in [6.45, 7) is 5.78. The van der Waals surface area contributed by atoms with E-state index in [0.717, 1.165) is 34.7 Å². The fourth-order valence-corrected chi connectivity index (χ4v) is 4.82. The maximum absolute atomic E-state index is 14.4. The number of aromatic nitrogens is 1. The van der Waals surface area contributed by atoms with Gasteiger partial charge in [-0.2, -0.15) is 9.55 Å². The van der Waals surface area contributed by atoms with Crippen molar-refractivity contribution in [1.29, 1.82) is 0 Å². The lowest BCUT2D eigenvalue weighted by molar-refractivity contribution is -0.934. The number of pyridine rings is 1. The maximum Gasteiger partial charge on any atom is 0.537 e. The van der Waals surface area contributed by atoms with Gasteiger partial charge >= 0.3 is 6.09 Å². The molecular weight excluding hydrogens is 482 g/mol. The molecule has 0 aliphatic carbocycles. The summed E-state index contributed by atoms with van der Waals surface area (Å²) in [4.78, 5) is 30.9. The Kier molecular flexibility index (Phi) is 8.30. The van der Waals surface area contributed by atoms with Crippen LogP contribution in [0, 0.1) is 5.21 Å². The van der Waals surface area contributed by atoms with Crippen molar-refractivity contribution < 1.29 is 19.1 Å². The second kappa shape index (κ2) is 11.5. The van der Waals surface area contributed by atoms with Crippen LogP contribution in [0.2, 0.25) is 0 Å². The number of piperidine rings is 1. The Labute approximate surface area is 223 Å². The normalized spacial score (nSPS) is 18.1. The number of nitrogens with one attached hydrogen (secondary N) is 1. The van der Waals surface area contributed by atoms with Crippen molar-refractivity contribution >= 4 is 28.6 Å². The van der Waals surface area contributed by atoms with Crippen LogP contribution in [0.3, 0.4) is 0 Å². The number of anilines is 1. The molecule has 1 aliphatic heterocycles. The summed E-state index contributed by atoms with van der Waals surface area (Å²) in [6.07, 6.45) is 3.14. The van der Waals surface area contributed by atoms with Crippen LogP contribution in [0.5, 0.6) is 0 Å². The van der Waals surface area contributed by atoms with E-state index in [1.54, 1.807) is 27.0 Å². The maximum atomic E-state index is 14.4. The first-order valence-electron chi connectivity index (χ1n) is 13.1. The summed E-state index contributed by atoms with van der Waals surface area (Å²) in [5, 5.41) is 20.6. The third kappa shape index (κ3) is 6.48. The molecule has 202 valence electrons. The van der Waals surface area contributed by atoms with Gasteiger partial charge in [-0.1, -0.05) is 42.5 Å². The Morgan fingerprint density at radius 1 is 1.13 bits per heavy atom. The third-order valence-corrected chi connectivity index (χ3v) is 6.74. The molecule has 1 aliphatic rings. The minimum atomic E-state index is -1.33. The fraction of sp³-hybridized carbons (Fsp3) is 0.414. The number of nitrogen functional groups attached to an aromatic ring is 1. The van der Waals surface area contributed by atoms with E-state index in [9.17, 15) is 14.8 Å². The Balaban J connectivity index is 1.53. The number of fused-ring (bicyclic) bond motifs is 1. The Morgan fingerprint density at radius 2 is 1.89 bits per heavy atom. The molecule has 9 nitrogen and oxygen atoms in total. The second-order valence-electron chi connectivity index (χ2n) is 10.8. The average Bonchev–Trinajstić information content (AvgIpc) is 2.90. The molecule has 38 heavy (non-hydrogen) atoms. The molecule has 2 amide bonds. The van der Waals surface area contributed by atoms with E-state index in [0.29, 0.717) is 25.2 Å². The highest BCUT2D eigenvalue weighted by Crippen LogP contribution is 2.28. The Morgan fingerprint density at radius 3 is 2.63 bits per heavy atom. The average molecular weight is 520 g/mol. The largest absolute Gasteiger partial charge is 0.601 e. The number of benzene rings is 2. The van der Waals surface area contributed by atoms with Crippen molar-refractivity contribution in [3.8, 4) is 0 Å². The van der Waals surface area contributed by atoms with Crippen LogP contribution in [0.15, 0.2) is 60.8 Å². The van der Waals surface area contributed by atoms with Crippen LogP contribution in [-0.4, -0.2) is 51.5 Å². The fourth-order valence-electron chi connectivity index (χ4n) is 4.82. The van der Waals surface area contributed by atoms with Crippen LogP contribution in [0.1, 0.15) is 51.2 Å². The minimum absolute atomic E-state index is 0.0527. The van der Waals surface area contributed by atoms with Gasteiger partial charge in [0, 0.05) is 31.1 Å². The molecule has 1 unspecified atom stereocenters. The van der Waals surface area contributed by atoms with Gasteiger partial charge in [0.1, 0.15) is 24.0 Å². The molecule has 3 N–H and O–H groups in total. The predicted octanol–water partition coefficient (Wildman–Crippen LogP) is 4.70. The summed E-state index contributed by atoms with van der Waals surface area (Å²) in [5.41, 5.74) is 6.96. The van der Waals surface area contributed by atoms with Crippen LogP contribution in [0.4, 0.5) is 10.6 Å². The van der Waals surface area contributed by atoms with Crippen molar-refractivity contribution in [1.82, 2.24) is 15.3 Å². The topological polar surface area (TPSA) is 121 Å². The SMILES string of the molecule is CC(C)(C)OC(=O)[N+]([O-])(CCc1ccccc1)N1CCCC[C@H]1C(=O)NCc1ccc2c(N)nccc2c1. The number of amides is 2. The monoisotopic (exact) mass is 519 g/mol. The zero-order valence-electron chi connectivity index (χ0n) is 22.4. The number of nitrogens with two attached hydrogens (primary N) is 1. The molecule has 3 aromatic rings. The molecule has 2 atom stereocenters. The molecule has 1 saturated heterocycles. The molecule has 1 aromatic heterocycles. The first-order valence-corrected chi connectivity index (χ1v) is 13.1. The lowest BCUT2D eigenvalue weighted by Crippen LogP contribution is -2.68. The van der Waals surface area contributed by atoms with E-state index >= 15 is 0 Å². The van der Waals surface area contributed by atoms with Crippen molar-refractivity contribution in [3.63, 3.8) is 0 Å². The number of carbonyl (C=O) groups is 2. The van der Waals surface area contributed by atoms with Crippen LogP contribution in [0.25, 0.3) is 10.8 Å². The van der Waals surface area contributed by atoms with Gasteiger partial charge in [-0.3, -0.25) is 4.79 Å². The van der Waals surface area contributed by atoms with Crippen molar-refractivity contribution in [2.45, 2.75) is 64.6 Å². The highest BCUT2D eigenvalue weighted by molar-refractivity contribution is 5.91. The number of carbonyl (C=O) groups excluding carboxylic acids is 2. The number of hydroxylamine groups is 2. The van der Waals surface area contributed by atoms with Gasteiger partial charge in [-0.15, -0.1) is 5.01 Å². The third-order valence-electron chi connectivity index (χ3n) is 6.74. The highest BCUT2D eigenvalue weighted by Gasteiger charge is 2.46. The van der Waals surface area contributed by atoms with Gasteiger partial charge in [0.2, 0.25) is 5.91 Å². The van der Waals surface area contributed by atoms with E-state index in [1.165, 1.54) is 5.01 Å². The molecule has 2 aromatic carbocycles. The highest BCUT2D eigenvalue weighted by atomic mass is 16.7. The van der Waals surface area contributed by atoms with Gasteiger partial charge in [-0.05, 0) is 68.7 Å². The van der Waals surface area contributed by atoms with Crippen molar-refractivity contribution in [2.75, 3.05) is 18.8 Å². The van der Waals surface area contributed by atoms with Gasteiger partial charge in [-0.25, -0.2) is 4.98 Å². The predicted molar refractivity (Wildman–Crippen MR) is 147 cm³/mol. The lowest BCUT2D eigenvalue weighted by atomic mass is 10.0. The molecule has 1 fully saturated rings. The summed E-state index contributed by atoms with van der Waals surface area (Å²) in [5.74, 6) is 0.179. The standard InChI is InChI=1S/C29H37N5O4/c1-29(2,3)38-28(36)34(37,18-15-21-9-5-4-6-10-21)33-17-8-7-11-25(33)27(35)32-20-22-12-13-24-23(19-22)14-16-31-26(24)30/h4-6,9-10,12-14,16,19,25H,7-8,11,15,17-18,20H2,1-3H3,(H2,30,31)(H,32,35)/t25-,34?/m0/s1. The van der Waals surface area contributed by atoms with Gasteiger partial charge < -0.3 is 21.0 Å². The van der Waals surface area contributed by atoms with Gasteiger partial charge in [0.15, 0.2) is 0 Å². The first kappa shape index (κ1) is 27.5. The van der Waals surface area contributed by atoms with E-state index in [1.807, 2.05) is 54.6 Å². The number of ether oxygens (including phenoxy) is 1. The van der Waals surface area contributed by atoms with Crippen molar-refractivity contribution in [3.05, 3.63) is 77.1 Å². The minimum Gasteiger partial charge on any atom is -0.601 e. The molecule has 0 bridgehead atoms. The molecule has 0 radical (unpaired) electrons. The molecule has 0 saturated carbocycles. The summed E-state index contributed by atoms with van der Waals surface area (Å²) in [6, 6.07) is 16.4. The summed E-state index contributed by atoms with van der Waals surface area (Å²) < 4.78 is 4.26. The van der Waals surface area contributed by atoms with Crippen LogP contribution < -0.4 is 11.1 Å². The van der Waals surface area contributed by atoms with Gasteiger partial charge in [0.05, 0.1) is 0 Å². The quantitative estimate of drug-likeness (QED) is 0.343. The molecule has 2 heterocycles. The number of quaternary nitrogens is 1. The molecule has 0 spiro atoms. The summed E-state index contributed by atoms with van der Waals surface area (Å²) in [7, 11) is 0. The van der Waals surface area contributed by atoms with E-state index < -0.39 is 22.5 Å².